The Balaban J connectivity index is 2.35. The number of nitrogens with zero attached hydrogens (tertiary/aromatic N) is 1. The highest BCUT2D eigenvalue weighted by Crippen LogP contribution is 2.30. The van der Waals surface area contributed by atoms with Crippen LogP contribution in [0.15, 0.2) is 23.9 Å². The van der Waals surface area contributed by atoms with Crippen molar-refractivity contribution in [3.63, 3.8) is 0 Å². The number of benzene rings is 1. The number of cyclic esters (lactones) is 2. The van der Waals surface area contributed by atoms with E-state index in [-0.39, 0.29) is 11.3 Å². The van der Waals surface area contributed by atoms with E-state index < -0.39 is 39.7 Å². The molecule has 1 aromatic carbocycles. The van der Waals surface area contributed by atoms with Gasteiger partial charge in [0.1, 0.15) is 11.5 Å². The van der Waals surface area contributed by atoms with Crippen LogP contribution in [0.25, 0.3) is 0 Å². The van der Waals surface area contributed by atoms with Crippen LogP contribution in [0, 0.1) is 22.9 Å². The number of aryl methyl sites for hydroxylation is 1. The minimum Gasteiger partial charge on any atom is -0.419 e. The number of nitrogens with one attached hydrogen (secondary N) is 1. The normalized spacial score (nSPS) is 16.4. The van der Waals surface area contributed by atoms with Gasteiger partial charge in [-0.25, -0.2) is 14.0 Å². The number of halogens is 1. The molecule has 0 saturated carbocycles. The van der Waals surface area contributed by atoms with E-state index in [9.17, 15) is 24.1 Å². The average Bonchev–Trinajstić information content (AvgIpc) is 2.37. The second kappa shape index (κ2) is 5.67. The number of rotatable bonds is 3. The van der Waals surface area contributed by atoms with Crippen molar-refractivity contribution in [2.24, 2.45) is 0 Å². The first-order valence-corrected chi connectivity index (χ1v) is 6.48. The van der Waals surface area contributed by atoms with Gasteiger partial charge in [-0.15, -0.1) is 0 Å². The Hall–Kier alpha value is -2.97. The summed E-state index contributed by atoms with van der Waals surface area (Å²) in [6.45, 7) is 4.22. The van der Waals surface area contributed by atoms with Crippen LogP contribution in [0.5, 0.6) is 0 Å². The first-order valence-electron chi connectivity index (χ1n) is 6.48. The Labute approximate surface area is 130 Å². The Morgan fingerprint density at radius 1 is 1.26 bits per heavy atom. The van der Waals surface area contributed by atoms with Crippen LogP contribution in [0.2, 0.25) is 0 Å². The molecule has 1 aliphatic rings. The lowest BCUT2D eigenvalue weighted by Crippen LogP contribution is -2.42. The number of carbonyl (C=O) groups is 2. The predicted octanol–water partition coefficient (Wildman–Crippen LogP) is 2.17. The van der Waals surface area contributed by atoms with Crippen molar-refractivity contribution < 1.29 is 28.4 Å². The summed E-state index contributed by atoms with van der Waals surface area (Å²) in [4.78, 5) is 33.8. The third-order valence-corrected chi connectivity index (χ3v) is 2.95. The molecule has 0 aromatic heterocycles. The number of carbonyl (C=O) groups excluding carboxylic acids is 2. The van der Waals surface area contributed by atoms with Crippen LogP contribution in [0.3, 0.4) is 0 Å². The van der Waals surface area contributed by atoms with Gasteiger partial charge in [0.15, 0.2) is 5.57 Å². The molecule has 0 atom stereocenters. The number of nitro groups is 1. The smallest absolute Gasteiger partial charge is 0.350 e. The van der Waals surface area contributed by atoms with Crippen molar-refractivity contribution in [2.75, 3.05) is 5.32 Å². The quantitative estimate of drug-likeness (QED) is 0.298. The van der Waals surface area contributed by atoms with Crippen molar-refractivity contribution in [1.29, 1.82) is 0 Å². The lowest BCUT2D eigenvalue weighted by atomic mass is 10.1. The van der Waals surface area contributed by atoms with Gasteiger partial charge in [-0.2, -0.15) is 0 Å². The molecular weight excluding hydrogens is 311 g/mol. The maximum absolute atomic E-state index is 13.3. The molecule has 1 N–H and O–H groups in total. The molecule has 8 nitrogen and oxygen atoms in total. The number of hydrogen-bond acceptors (Lipinski definition) is 7. The van der Waals surface area contributed by atoms with Crippen LogP contribution in [-0.2, 0) is 19.1 Å². The molecule has 0 amide bonds. The summed E-state index contributed by atoms with van der Waals surface area (Å²) in [7, 11) is 0. The number of anilines is 1. The highest BCUT2D eigenvalue weighted by atomic mass is 19.1. The predicted molar refractivity (Wildman–Crippen MR) is 75.8 cm³/mol. The Morgan fingerprint density at radius 2 is 1.83 bits per heavy atom. The molecule has 1 saturated heterocycles. The van der Waals surface area contributed by atoms with E-state index in [4.69, 9.17) is 9.47 Å². The molecule has 9 heteroatoms. The molecule has 0 spiro atoms. The number of hydrogen-bond donors (Lipinski definition) is 1. The van der Waals surface area contributed by atoms with Gasteiger partial charge in [-0.05, 0) is 18.6 Å². The standard InChI is InChI=1S/C14H13FN2O6/c1-7-4-8(15)5-10(17(20)21)11(7)16-6-9-12(18)22-14(2,3)23-13(9)19/h4-6,16H,1-3H3. The van der Waals surface area contributed by atoms with Crippen molar-refractivity contribution in [3.8, 4) is 0 Å². The summed E-state index contributed by atoms with van der Waals surface area (Å²) in [6, 6.07) is 1.81. The fourth-order valence-electron chi connectivity index (χ4n) is 1.98. The lowest BCUT2D eigenvalue weighted by molar-refractivity contribution is -0.384. The maximum atomic E-state index is 13.3. The second-order valence-electron chi connectivity index (χ2n) is 5.26. The van der Waals surface area contributed by atoms with Crippen LogP contribution in [0.4, 0.5) is 15.8 Å². The van der Waals surface area contributed by atoms with Gasteiger partial charge >= 0.3 is 11.9 Å². The second-order valence-corrected chi connectivity index (χ2v) is 5.26. The molecule has 1 fully saturated rings. The van der Waals surface area contributed by atoms with Crippen LogP contribution in [0.1, 0.15) is 19.4 Å². The number of esters is 2. The molecule has 1 aromatic rings. The van der Waals surface area contributed by atoms with Gasteiger partial charge < -0.3 is 14.8 Å². The summed E-state index contributed by atoms with van der Waals surface area (Å²) in [5.74, 6) is -4.02. The molecule has 1 aliphatic heterocycles. The molecule has 23 heavy (non-hydrogen) atoms. The molecular formula is C14H13FN2O6. The van der Waals surface area contributed by atoms with Crippen molar-refractivity contribution in [2.45, 2.75) is 26.6 Å². The molecule has 0 bridgehead atoms. The fourth-order valence-corrected chi connectivity index (χ4v) is 1.98. The third kappa shape index (κ3) is 3.44. The monoisotopic (exact) mass is 324 g/mol. The van der Waals surface area contributed by atoms with Crippen LogP contribution < -0.4 is 5.32 Å². The molecule has 0 unspecified atom stereocenters. The minimum atomic E-state index is -1.39. The summed E-state index contributed by atoms with van der Waals surface area (Å²) in [5, 5.41) is 13.5. The van der Waals surface area contributed by atoms with E-state index in [1.807, 2.05) is 0 Å². The zero-order valence-corrected chi connectivity index (χ0v) is 12.5. The van der Waals surface area contributed by atoms with E-state index in [0.717, 1.165) is 18.3 Å². The SMILES string of the molecule is Cc1cc(F)cc([N+](=O)[O-])c1NC=C1C(=O)OC(C)(C)OC1=O. The molecule has 1 heterocycles. The first-order chi connectivity index (χ1) is 10.6. The van der Waals surface area contributed by atoms with Crippen molar-refractivity contribution >= 4 is 23.3 Å². The van der Waals surface area contributed by atoms with Gasteiger partial charge in [-0.1, -0.05) is 0 Å². The zero-order chi connectivity index (χ0) is 17.4. The highest BCUT2D eigenvalue weighted by molar-refractivity contribution is 6.15. The minimum absolute atomic E-state index is 0.0469. The topological polar surface area (TPSA) is 108 Å². The zero-order valence-electron chi connectivity index (χ0n) is 12.5. The first kappa shape index (κ1) is 16.4. The van der Waals surface area contributed by atoms with Gasteiger partial charge in [0.25, 0.3) is 11.5 Å². The Kier molecular flexibility index (Phi) is 4.04. The number of ether oxygens (including phenoxy) is 2. The van der Waals surface area contributed by atoms with E-state index in [0.29, 0.717) is 0 Å². The molecule has 0 radical (unpaired) electrons. The average molecular weight is 324 g/mol. The van der Waals surface area contributed by atoms with Gasteiger partial charge in [0.2, 0.25) is 0 Å². The summed E-state index contributed by atoms with van der Waals surface area (Å²) in [5.41, 5.74) is -0.805. The maximum Gasteiger partial charge on any atom is 0.350 e. The van der Waals surface area contributed by atoms with Crippen LogP contribution >= 0.6 is 0 Å². The van der Waals surface area contributed by atoms with Crippen molar-refractivity contribution in [1.82, 2.24) is 0 Å². The Morgan fingerprint density at radius 3 is 2.35 bits per heavy atom. The van der Waals surface area contributed by atoms with Gasteiger partial charge in [-0.3, -0.25) is 10.1 Å². The fraction of sp³-hybridized carbons (Fsp3) is 0.286. The van der Waals surface area contributed by atoms with Crippen LogP contribution in [-0.4, -0.2) is 22.6 Å². The Bertz CT molecular complexity index is 719. The van der Waals surface area contributed by atoms with Gasteiger partial charge in [0, 0.05) is 20.0 Å². The largest absolute Gasteiger partial charge is 0.419 e. The summed E-state index contributed by atoms with van der Waals surface area (Å²) < 4.78 is 23.1. The van der Waals surface area contributed by atoms with E-state index >= 15 is 0 Å². The van der Waals surface area contributed by atoms with Gasteiger partial charge in [0.05, 0.1) is 11.0 Å². The van der Waals surface area contributed by atoms with E-state index in [1.54, 1.807) is 0 Å². The van der Waals surface area contributed by atoms with E-state index in [2.05, 4.69) is 5.32 Å². The lowest BCUT2D eigenvalue weighted by Gasteiger charge is -2.29. The summed E-state index contributed by atoms with van der Waals surface area (Å²) in [6.07, 6.45) is 0.938. The number of nitro benzene ring substituents is 1. The van der Waals surface area contributed by atoms with E-state index in [1.165, 1.54) is 20.8 Å². The third-order valence-electron chi connectivity index (χ3n) is 2.95. The highest BCUT2D eigenvalue weighted by Gasteiger charge is 2.39. The van der Waals surface area contributed by atoms with Crippen molar-refractivity contribution in [3.05, 3.63) is 45.4 Å². The summed E-state index contributed by atoms with van der Waals surface area (Å²) >= 11 is 0. The molecule has 2 rings (SSSR count). The molecule has 122 valence electrons. The molecule has 0 aliphatic carbocycles.